The van der Waals surface area contributed by atoms with Crippen molar-refractivity contribution in [1.82, 2.24) is 5.06 Å². The average Bonchev–Trinajstić information content (AvgIpc) is 2.22. The summed E-state index contributed by atoms with van der Waals surface area (Å²) in [6, 6.07) is 5.09. The maximum absolute atomic E-state index is 10.8. The van der Waals surface area contributed by atoms with Gasteiger partial charge in [-0.15, -0.1) is 0 Å². The summed E-state index contributed by atoms with van der Waals surface area (Å²) in [7, 11) is 1.45. The lowest BCUT2D eigenvalue weighted by Crippen LogP contribution is -2.21. The number of halogens is 2. The molecular weight excluding hydrogens is 251 g/mol. The number of hydroxylamine groups is 2. The molecule has 1 aromatic rings. The molecule has 0 saturated carbocycles. The van der Waals surface area contributed by atoms with Crippen molar-refractivity contribution in [3.63, 3.8) is 0 Å². The Bertz CT molecular complexity index is 401. The fourth-order valence-corrected chi connectivity index (χ4v) is 1.33. The molecule has 16 heavy (non-hydrogen) atoms. The predicted octanol–water partition coefficient (Wildman–Crippen LogP) is 2.74. The van der Waals surface area contributed by atoms with Crippen LogP contribution in [0.15, 0.2) is 23.4 Å². The van der Waals surface area contributed by atoms with E-state index in [9.17, 15) is 4.79 Å². The van der Waals surface area contributed by atoms with Gasteiger partial charge in [0.1, 0.15) is 0 Å². The first-order valence-electron chi connectivity index (χ1n) is 4.41. The lowest BCUT2D eigenvalue weighted by molar-refractivity contribution is -0.175. The Morgan fingerprint density at radius 1 is 1.44 bits per heavy atom. The largest absolute Gasteiger partial charge is 0.272 e. The number of benzene rings is 1. The molecule has 0 radical (unpaired) electrons. The van der Waals surface area contributed by atoms with E-state index >= 15 is 0 Å². The Morgan fingerprint density at radius 2 is 2.00 bits per heavy atom. The summed E-state index contributed by atoms with van der Waals surface area (Å²) in [6.45, 7) is 1.36. The minimum Gasteiger partial charge on any atom is -0.272 e. The molecule has 0 atom stereocenters. The summed E-state index contributed by atoms with van der Waals surface area (Å²) in [5.74, 6) is -0.262. The van der Waals surface area contributed by atoms with Crippen molar-refractivity contribution in [3.05, 3.63) is 33.8 Å². The highest BCUT2D eigenvalue weighted by atomic mass is 35.5. The highest BCUT2D eigenvalue weighted by Gasteiger charge is 2.03. The fraction of sp³-hybridized carbons (Fsp3) is 0.200. The van der Waals surface area contributed by atoms with Crippen molar-refractivity contribution >= 4 is 35.3 Å². The van der Waals surface area contributed by atoms with Crippen molar-refractivity contribution < 1.29 is 9.73 Å². The van der Waals surface area contributed by atoms with Gasteiger partial charge in [-0.1, -0.05) is 34.4 Å². The van der Waals surface area contributed by atoms with E-state index in [2.05, 4.69) is 5.16 Å². The van der Waals surface area contributed by atoms with Gasteiger partial charge in [0.05, 0.1) is 23.3 Å². The third kappa shape index (κ3) is 3.40. The first kappa shape index (κ1) is 12.8. The van der Waals surface area contributed by atoms with Gasteiger partial charge in [0.2, 0.25) is 0 Å². The first-order valence-corrected chi connectivity index (χ1v) is 5.16. The van der Waals surface area contributed by atoms with Crippen LogP contribution in [0.2, 0.25) is 10.0 Å². The van der Waals surface area contributed by atoms with Crippen molar-refractivity contribution in [2.75, 3.05) is 7.05 Å². The van der Waals surface area contributed by atoms with Crippen LogP contribution in [-0.2, 0) is 9.73 Å². The van der Waals surface area contributed by atoms with Crippen LogP contribution >= 0.6 is 23.2 Å². The van der Waals surface area contributed by atoms with Crippen LogP contribution in [0.5, 0.6) is 0 Å². The van der Waals surface area contributed by atoms with Gasteiger partial charge in [0, 0.05) is 12.5 Å². The van der Waals surface area contributed by atoms with Gasteiger partial charge in [-0.25, -0.2) is 0 Å². The van der Waals surface area contributed by atoms with Gasteiger partial charge in [-0.2, -0.15) is 5.06 Å². The molecule has 0 bridgehead atoms. The normalized spacial score (nSPS) is 10.5. The van der Waals surface area contributed by atoms with Crippen LogP contribution in [0.1, 0.15) is 12.5 Å². The van der Waals surface area contributed by atoms with Crippen LogP contribution < -0.4 is 0 Å². The Balaban J connectivity index is 2.73. The number of oxime groups is 1. The van der Waals surface area contributed by atoms with Gasteiger partial charge >= 0.3 is 0 Å². The highest BCUT2D eigenvalue weighted by molar-refractivity contribution is 6.38. The van der Waals surface area contributed by atoms with Gasteiger partial charge in [0.15, 0.2) is 0 Å². The molecule has 1 amide bonds. The highest BCUT2D eigenvalue weighted by Crippen LogP contribution is 2.22. The van der Waals surface area contributed by atoms with Gasteiger partial charge in [0.25, 0.3) is 5.91 Å². The second-order valence-electron chi connectivity index (χ2n) is 2.97. The van der Waals surface area contributed by atoms with E-state index in [0.29, 0.717) is 15.6 Å². The first-order chi connectivity index (χ1) is 7.52. The standard InChI is InChI=1S/C10H10Cl2N2O2/c1-7(15)14(2)16-13-6-8-9(11)4-3-5-10(8)12/h3-6H,1-2H3. The third-order valence-corrected chi connectivity index (χ3v) is 2.45. The number of carbonyl (C=O) groups excluding carboxylic acids is 1. The van der Waals surface area contributed by atoms with Crippen LogP contribution in [-0.4, -0.2) is 24.2 Å². The zero-order chi connectivity index (χ0) is 12.1. The van der Waals surface area contributed by atoms with E-state index < -0.39 is 0 Å². The molecule has 6 heteroatoms. The topological polar surface area (TPSA) is 41.9 Å². The van der Waals surface area contributed by atoms with Gasteiger partial charge in [-0.3, -0.25) is 9.73 Å². The molecule has 0 fully saturated rings. The summed E-state index contributed by atoms with van der Waals surface area (Å²) in [5.41, 5.74) is 0.544. The lowest BCUT2D eigenvalue weighted by atomic mass is 10.2. The summed E-state index contributed by atoms with van der Waals surface area (Å²) in [5, 5.41) is 5.51. The molecule has 0 saturated heterocycles. The second kappa shape index (κ2) is 5.72. The molecule has 0 aliphatic rings. The van der Waals surface area contributed by atoms with E-state index in [1.54, 1.807) is 18.2 Å². The van der Waals surface area contributed by atoms with Crippen LogP contribution in [0.3, 0.4) is 0 Å². The van der Waals surface area contributed by atoms with Crippen LogP contribution in [0, 0.1) is 0 Å². The molecule has 0 spiro atoms. The average molecular weight is 261 g/mol. The number of amides is 1. The SMILES string of the molecule is CC(=O)N(C)ON=Cc1c(Cl)cccc1Cl. The second-order valence-corrected chi connectivity index (χ2v) is 3.78. The molecule has 0 N–H and O–H groups in total. The molecule has 1 rings (SSSR count). The summed E-state index contributed by atoms with van der Waals surface area (Å²) >= 11 is 11.8. The molecule has 0 heterocycles. The fourth-order valence-electron chi connectivity index (χ4n) is 0.839. The monoisotopic (exact) mass is 260 g/mol. The number of rotatable bonds is 3. The molecule has 0 aliphatic heterocycles. The lowest BCUT2D eigenvalue weighted by Gasteiger charge is -2.09. The molecule has 86 valence electrons. The van der Waals surface area contributed by atoms with E-state index in [4.69, 9.17) is 28.1 Å². The Labute approximate surface area is 103 Å². The smallest absolute Gasteiger partial charge is 0.253 e. The Morgan fingerprint density at radius 3 is 2.50 bits per heavy atom. The predicted molar refractivity (Wildman–Crippen MR) is 63.6 cm³/mol. The van der Waals surface area contributed by atoms with Crippen molar-refractivity contribution in [1.29, 1.82) is 0 Å². The molecule has 0 unspecified atom stereocenters. The third-order valence-electron chi connectivity index (χ3n) is 1.79. The molecule has 0 aromatic heterocycles. The summed E-state index contributed by atoms with van der Waals surface area (Å²) in [4.78, 5) is 15.5. The summed E-state index contributed by atoms with van der Waals surface area (Å²) < 4.78 is 0. The van der Waals surface area contributed by atoms with E-state index in [0.717, 1.165) is 5.06 Å². The molecular formula is C10H10Cl2N2O2. The Kier molecular flexibility index (Phi) is 4.58. The van der Waals surface area contributed by atoms with E-state index in [1.807, 2.05) is 0 Å². The van der Waals surface area contributed by atoms with E-state index in [-0.39, 0.29) is 5.91 Å². The van der Waals surface area contributed by atoms with Gasteiger partial charge < -0.3 is 0 Å². The number of nitrogens with zero attached hydrogens (tertiary/aromatic N) is 2. The van der Waals surface area contributed by atoms with Crippen molar-refractivity contribution in [2.24, 2.45) is 5.16 Å². The zero-order valence-corrected chi connectivity index (χ0v) is 10.3. The zero-order valence-electron chi connectivity index (χ0n) is 8.78. The minimum absolute atomic E-state index is 0.262. The summed E-state index contributed by atoms with van der Waals surface area (Å²) in [6.07, 6.45) is 1.35. The Hall–Kier alpha value is -1.26. The number of carbonyl (C=O) groups is 1. The maximum atomic E-state index is 10.8. The van der Waals surface area contributed by atoms with Gasteiger partial charge in [-0.05, 0) is 12.1 Å². The van der Waals surface area contributed by atoms with E-state index in [1.165, 1.54) is 20.2 Å². The van der Waals surface area contributed by atoms with Crippen LogP contribution in [0.25, 0.3) is 0 Å². The molecule has 0 aliphatic carbocycles. The minimum atomic E-state index is -0.262. The number of hydrogen-bond acceptors (Lipinski definition) is 3. The molecule has 1 aromatic carbocycles. The maximum Gasteiger partial charge on any atom is 0.253 e. The van der Waals surface area contributed by atoms with Crippen molar-refractivity contribution in [3.8, 4) is 0 Å². The number of hydrogen-bond donors (Lipinski definition) is 0. The van der Waals surface area contributed by atoms with Crippen LogP contribution in [0.4, 0.5) is 0 Å². The quantitative estimate of drug-likeness (QED) is 0.620. The van der Waals surface area contributed by atoms with Crippen molar-refractivity contribution in [2.45, 2.75) is 6.92 Å². The molecule has 4 nitrogen and oxygen atoms in total.